The predicted octanol–water partition coefficient (Wildman–Crippen LogP) is 3.51. The highest BCUT2D eigenvalue weighted by Crippen LogP contribution is 2.21. The van der Waals surface area contributed by atoms with Crippen LogP contribution in [0.5, 0.6) is 11.6 Å². The Labute approximate surface area is 187 Å². The van der Waals surface area contributed by atoms with E-state index in [-0.39, 0.29) is 18.1 Å². The Kier molecular flexibility index (Phi) is 7.46. The number of pyridine rings is 2. The summed E-state index contributed by atoms with van der Waals surface area (Å²) in [4.78, 5) is 20.2. The van der Waals surface area contributed by atoms with Crippen LogP contribution in [0.15, 0.2) is 55.0 Å². The van der Waals surface area contributed by atoms with Crippen LogP contribution in [-0.2, 0) is 6.61 Å². The normalized spacial score (nSPS) is 12.2. The van der Waals surface area contributed by atoms with Gasteiger partial charge in [0.15, 0.2) is 6.61 Å². The Hall–Kier alpha value is -3.70. The van der Waals surface area contributed by atoms with E-state index in [9.17, 15) is 23.1 Å². The molecule has 0 aliphatic rings. The van der Waals surface area contributed by atoms with Crippen LogP contribution in [0.2, 0.25) is 0 Å². The number of alkyl halides is 3. The van der Waals surface area contributed by atoms with E-state index in [4.69, 9.17) is 10.5 Å². The fraction of sp³-hybridized carbons (Fsp3) is 0.227. The molecule has 0 radical (unpaired) electrons. The molecule has 3 aromatic rings. The number of aryl methyl sites for hydroxylation is 1. The van der Waals surface area contributed by atoms with Crippen LogP contribution in [-0.4, -0.2) is 33.8 Å². The summed E-state index contributed by atoms with van der Waals surface area (Å²) in [7, 11) is 0. The summed E-state index contributed by atoms with van der Waals surface area (Å²) in [6.45, 7) is 0.591. The van der Waals surface area contributed by atoms with Gasteiger partial charge >= 0.3 is 6.18 Å². The van der Waals surface area contributed by atoms with Crippen molar-refractivity contribution in [3.8, 4) is 11.6 Å². The molecule has 2 heterocycles. The van der Waals surface area contributed by atoms with Gasteiger partial charge in [-0.15, -0.1) is 0 Å². The van der Waals surface area contributed by atoms with Gasteiger partial charge in [-0.2, -0.15) is 13.2 Å². The molecule has 4 N–H and O–H groups in total. The first-order valence-corrected chi connectivity index (χ1v) is 9.68. The topological polar surface area (TPSA) is 120 Å². The lowest BCUT2D eigenvalue weighted by Crippen LogP contribution is -2.19. The van der Waals surface area contributed by atoms with Gasteiger partial charge in [-0.1, -0.05) is 6.07 Å². The number of hydrogen-bond donors (Lipinski definition) is 3. The average molecular weight is 462 g/mol. The third-order valence-electron chi connectivity index (χ3n) is 4.46. The fourth-order valence-electron chi connectivity index (χ4n) is 2.70. The van der Waals surface area contributed by atoms with E-state index in [1.54, 1.807) is 24.3 Å². The van der Waals surface area contributed by atoms with E-state index in [0.717, 1.165) is 17.3 Å². The van der Waals surface area contributed by atoms with Gasteiger partial charge < -0.3 is 25.6 Å². The lowest BCUT2D eigenvalue weighted by molar-refractivity contribution is -0.154. The Balaban J connectivity index is 1.63. The Morgan fingerprint density at radius 3 is 2.61 bits per heavy atom. The van der Waals surface area contributed by atoms with Gasteiger partial charge in [-0.05, 0) is 42.3 Å². The van der Waals surface area contributed by atoms with Gasteiger partial charge in [0.2, 0.25) is 5.88 Å². The number of nitrogens with zero attached hydrogens (tertiary/aromatic N) is 2. The van der Waals surface area contributed by atoms with Crippen LogP contribution < -0.4 is 20.5 Å². The van der Waals surface area contributed by atoms with Crippen molar-refractivity contribution in [3.05, 3.63) is 77.2 Å². The third-order valence-corrected chi connectivity index (χ3v) is 4.46. The van der Waals surface area contributed by atoms with Crippen LogP contribution in [0.1, 0.15) is 33.3 Å². The van der Waals surface area contributed by atoms with E-state index in [1.807, 2.05) is 6.92 Å². The van der Waals surface area contributed by atoms with Crippen molar-refractivity contribution in [2.45, 2.75) is 25.9 Å². The summed E-state index contributed by atoms with van der Waals surface area (Å²) < 4.78 is 46.9. The largest absolute Gasteiger partial charge is 0.487 e. The molecule has 0 bridgehead atoms. The van der Waals surface area contributed by atoms with Crippen LogP contribution >= 0.6 is 0 Å². The third kappa shape index (κ3) is 7.16. The van der Waals surface area contributed by atoms with E-state index in [0.29, 0.717) is 17.0 Å². The number of nitrogens with two attached hydrogens (primary N) is 1. The van der Waals surface area contributed by atoms with Crippen LogP contribution in [0.4, 0.5) is 18.9 Å². The number of amides is 1. The molecule has 0 aliphatic carbocycles. The van der Waals surface area contributed by atoms with E-state index >= 15 is 0 Å². The van der Waals surface area contributed by atoms with Crippen molar-refractivity contribution in [1.82, 2.24) is 9.97 Å². The first-order valence-electron chi connectivity index (χ1n) is 9.68. The van der Waals surface area contributed by atoms with Crippen molar-refractivity contribution in [1.29, 1.82) is 0 Å². The average Bonchev–Trinajstić information content (AvgIpc) is 2.78. The molecule has 3 rings (SSSR count). The molecule has 2 aromatic heterocycles. The molecule has 0 unspecified atom stereocenters. The number of anilines is 1. The lowest BCUT2D eigenvalue weighted by Gasteiger charge is -2.13. The molecule has 0 spiro atoms. The number of nitrogens with one attached hydrogen (secondary N) is 1. The second-order valence-electron chi connectivity index (χ2n) is 7.07. The lowest BCUT2D eigenvalue weighted by atomic mass is 10.1. The standard InChI is InChI=1S/C22H21F3N4O4/c1-13-2-4-17(6-16(13)11-32-18-7-15(20(26)30)8-27-10-18)29-21(31)14-3-5-19(28-9-14)33-12-22(23,24)25/h2-10,20,30H,11-12,26H2,1H3,(H,29,31)/t20-/m1/s1. The highest BCUT2D eigenvalue weighted by Gasteiger charge is 2.28. The Bertz CT molecular complexity index is 1110. The van der Waals surface area contributed by atoms with E-state index < -0.39 is 24.9 Å². The molecule has 0 fully saturated rings. The Morgan fingerprint density at radius 2 is 1.94 bits per heavy atom. The highest BCUT2D eigenvalue weighted by atomic mass is 19.4. The SMILES string of the molecule is Cc1ccc(NC(=O)c2ccc(OCC(F)(F)F)nc2)cc1COc1cncc([C@H](N)O)c1. The molecular formula is C22H21F3N4O4. The van der Waals surface area contributed by atoms with Gasteiger partial charge in [0, 0.05) is 29.7 Å². The minimum Gasteiger partial charge on any atom is -0.487 e. The fourth-order valence-corrected chi connectivity index (χ4v) is 2.70. The molecule has 1 atom stereocenters. The van der Waals surface area contributed by atoms with Crippen molar-refractivity contribution >= 4 is 11.6 Å². The van der Waals surface area contributed by atoms with E-state index in [2.05, 4.69) is 20.0 Å². The number of benzene rings is 1. The molecule has 0 saturated carbocycles. The number of aliphatic hydroxyl groups is 1. The first kappa shape index (κ1) is 24.0. The second-order valence-corrected chi connectivity index (χ2v) is 7.07. The van der Waals surface area contributed by atoms with Crippen LogP contribution in [0.3, 0.4) is 0 Å². The summed E-state index contributed by atoms with van der Waals surface area (Å²) in [5.74, 6) is -0.307. The van der Waals surface area contributed by atoms with Gasteiger partial charge in [-0.25, -0.2) is 4.98 Å². The maximum Gasteiger partial charge on any atom is 0.422 e. The molecule has 33 heavy (non-hydrogen) atoms. The monoisotopic (exact) mass is 462 g/mol. The summed E-state index contributed by atoms with van der Waals surface area (Å²) >= 11 is 0. The molecule has 0 aliphatic heterocycles. The number of carbonyl (C=O) groups is 1. The van der Waals surface area contributed by atoms with Crippen molar-refractivity contribution in [3.63, 3.8) is 0 Å². The predicted molar refractivity (Wildman–Crippen MR) is 113 cm³/mol. The van der Waals surface area contributed by atoms with Crippen molar-refractivity contribution in [2.24, 2.45) is 5.73 Å². The quantitative estimate of drug-likeness (QED) is 0.438. The Morgan fingerprint density at radius 1 is 1.15 bits per heavy atom. The van der Waals surface area contributed by atoms with Crippen molar-refractivity contribution in [2.75, 3.05) is 11.9 Å². The van der Waals surface area contributed by atoms with Gasteiger partial charge in [0.1, 0.15) is 18.6 Å². The van der Waals surface area contributed by atoms with Gasteiger partial charge in [0.25, 0.3) is 5.91 Å². The van der Waals surface area contributed by atoms with Gasteiger partial charge in [0.05, 0.1) is 11.8 Å². The van der Waals surface area contributed by atoms with E-state index in [1.165, 1.54) is 24.5 Å². The van der Waals surface area contributed by atoms with Crippen LogP contribution in [0.25, 0.3) is 0 Å². The summed E-state index contributed by atoms with van der Waals surface area (Å²) in [5, 5.41) is 12.2. The molecule has 1 aromatic carbocycles. The van der Waals surface area contributed by atoms with Gasteiger partial charge in [-0.3, -0.25) is 9.78 Å². The molecule has 1 amide bonds. The zero-order valence-corrected chi connectivity index (χ0v) is 17.5. The smallest absolute Gasteiger partial charge is 0.422 e. The minimum atomic E-state index is -4.48. The summed E-state index contributed by atoms with van der Waals surface area (Å²) in [5.41, 5.74) is 8.20. The van der Waals surface area contributed by atoms with Crippen molar-refractivity contribution < 1.29 is 32.5 Å². The number of rotatable bonds is 8. The molecule has 8 nitrogen and oxygen atoms in total. The maximum absolute atomic E-state index is 12.5. The molecule has 174 valence electrons. The molecule has 0 saturated heterocycles. The molecule has 11 heteroatoms. The number of aromatic nitrogens is 2. The number of ether oxygens (including phenoxy) is 2. The highest BCUT2D eigenvalue weighted by molar-refractivity contribution is 6.04. The number of carbonyl (C=O) groups excluding carboxylic acids is 1. The number of halogens is 3. The summed E-state index contributed by atoms with van der Waals surface area (Å²) in [6, 6.07) is 9.33. The summed E-state index contributed by atoms with van der Waals surface area (Å²) in [6.07, 6.45) is -1.59. The zero-order valence-electron chi connectivity index (χ0n) is 17.5. The number of hydrogen-bond acceptors (Lipinski definition) is 7. The number of aliphatic hydroxyl groups excluding tert-OH is 1. The maximum atomic E-state index is 12.5. The minimum absolute atomic E-state index is 0.149. The second kappa shape index (κ2) is 10.3. The first-order chi connectivity index (χ1) is 15.6. The zero-order chi connectivity index (χ0) is 24.0. The molecular weight excluding hydrogens is 441 g/mol. The van der Waals surface area contributed by atoms with Crippen LogP contribution in [0, 0.1) is 6.92 Å².